The summed E-state index contributed by atoms with van der Waals surface area (Å²) >= 11 is 0. The lowest BCUT2D eigenvalue weighted by atomic mass is 10.1. The van der Waals surface area contributed by atoms with Gasteiger partial charge in [-0.3, -0.25) is 0 Å². The van der Waals surface area contributed by atoms with Crippen molar-refractivity contribution in [2.75, 3.05) is 13.1 Å². The predicted molar refractivity (Wildman–Crippen MR) is 78.2 cm³/mol. The van der Waals surface area contributed by atoms with Gasteiger partial charge in [0.15, 0.2) is 0 Å². The number of nitrogens with two attached hydrogens (primary N) is 1. The van der Waals surface area contributed by atoms with Gasteiger partial charge in [-0.05, 0) is 19.1 Å². The van der Waals surface area contributed by atoms with Crippen LogP contribution in [-0.4, -0.2) is 22.9 Å². The summed E-state index contributed by atoms with van der Waals surface area (Å²) in [6.45, 7) is 7.18. The van der Waals surface area contributed by atoms with Gasteiger partial charge in [0.1, 0.15) is 0 Å². The molecule has 2 rings (SSSR count). The summed E-state index contributed by atoms with van der Waals surface area (Å²) in [6, 6.07) is 10.1. The van der Waals surface area contributed by atoms with Crippen molar-refractivity contribution in [3.63, 3.8) is 0 Å². The van der Waals surface area contributed by atoms with Crippen molar-refractivity contribution in [1.82, 2.24) is 15.1 Å². The lowest BCUT2D eigenvalue weighted by molar-refractivity contribution is 0.569. The van der Waals surface area contributed by atoms with Crippen LogP contribution in [0.25, 0.3) is 5.69 Å². The van der Waals surface area contributed by atoms with Crippen LogP contribution < -0.4 is 11.1 Å². The summed E-state index contributed by atoms with van der Waals surface area (Å²) in [5.74, 6) is 0. The van der Waals surface area contributed by atoms with Crippen LogP contribution in [0.3, 0.4) is 0 Å². The quantitative estimate of drug-likeness (QED) is 0.778. The first-order valence-corrected chi connectivity index (χ1v) is 6.38. The maximum absolute atomic E-state index is 5.81. The van der Waals surface area contributed by atoms with Crippen molar-refractivity contribution in [2.45, 2.75) is 13.0 Å². The molecular weight excluding hydrogens is 236 g/mol. The molecule has 2 aromatic rings. The van der Waals surface area contributed by atoms with Gasteiger partial charge in [0.25, 0.3) is 0 Å². The molecule has 19 heavy (non-hydrogen) atoms. The zero-order valence-corrected chi connectivity index (χ0v) is 11.2. The number of hydrogen-bond donors (Lipinski definition) is 2. The Balaban J connectivity index is 2.13. The van der Waals surface area contributed by atoms with Crippen LogP contribution in [0.15, 0.2) is 54.9 Å². The molecule has 0 spiro atoms. The van der Waals surface area contributed by atoms with Gasteiger partial charge < -0.3 is 11.1 Å². The molecule has 1 unspecified atom stereocenters. The molecule has 4 nitrogen and oxygen atoms in total. The summed E-state index contributed by atoms with van der Waals surface area (Å²) in [7, 11) is 0. The fraction of sp³-hybridized carbons (Fsp3) is 0.267. The lowest BCUT2D eigenvalue weighted by Crippen LogP contribution is -2.29. The van der Waals surface area contributed by atoms with Gasteiger partial charge in [-0.25, -0.2) is 4.68 Å². The number of aromatic nitrogens is 2. The monoisotopic (exact) mass is 256 g/mol. The summed E-state index contributed by atoms with van der Waals surface area (Å²) in [6.07, 6.45) is 3.87. The minimum atomic E-state index is 0.106. The Hall–Kier alpha value is -1.91. The molecule has 3 N–H and O–H groups in total. The zero-order valence-electron chi connectivity index (χ0n) is 11.2. The van der Waals surface area contributed by atoms with E-state index in [-0.39, 0.29) is 6.04 Å². The maximum Gasteiger partial charge on any atom is 0.0645 e. The van der Waals surface area contributed by atoms with E-state index in [2.05, 4.69) is 17.0 Å². The fourth-order valence-corrected chi connectivity index (χ4v) is 1.87. The molecule has 1 aromatic heterocycles. The molecule has 0 aliphatic rings. The highest BCUT2D eigenvalue weighted by Gasteiger charge is 2.11. The number of para-hydroxylation sites is 1. The molecule has 0 fully saturated rings. The van der Waals surface area contributed by atoms with Crippen LogP contribution in [0, 0.1) is 0 Å². The highest BCUT2D eigenvalue weighted by Crippen LogP contribution is 2.14. The molecule has 0 aliphatic heterocycles. The largest absolute Gasteiger partial charge is 0.329 e. The highest BCUT2D eigenvalue weighted by atomic mass is 15.3. The van der Waals surface area contributed by atoms with Crippen molar-refractivity contribution in [3.8, 4) is 5.69 Å². The minimum Gasteiger partial charge on any atom is -0.329 e. The second kappa shape index (κ2) is 6.31. The molecule has 100 valence electrons. The van der Waals surface area contributed by atoms with Crippen LogP contribution in [0.1, 0.15) is 18.5 Å². The Morgan fingerprint density at radius 3 is 2.79 bits per heavy atom. The van der Waals surface area contributed by atoms with Crippen LogP contribution in [0.5, 0.6) is 0 Å². The van der Waals surface area contributed by atoms with E-state index in [9.17, 15) is 0 Å². The third-order valence-electron chi connectivity index (χ3n) is 2.91. The van der Waals surface area contributed by atoms with E-state index in [0.29, 0.717) is 6.54 Å². The van der Waals surface area contributed by atoms with E-state index in [0.717, 1.165) is 23.4 Å². The summed E-state index contributed by atoms with van der Waals surface area (Å²) in [5.41, 5.74) is 9.04. The van der Waals surface area contributed by atoms with Crippen LogP contribution >= 0.6 is 0 Å². The van der Waals surface area contributed by atoms with E-state index < -0.39 is 0 Å². The number of benzene rings is 1. The van der Waals surface area contributed by atoms with E-state index in [1.165, 1.54) is 0 Å². The molecule has 0 saturated heterocycles. The van der Waals surface area contributed by atoms with E-state index >= 15 is 0 Å². The van der Waals surface area contributed by atoms with Crippen molar-refractivity contribution >= 4 is 0 Å². The molecule has 0 radical (unpaired) electrons. The first kappa shape index (κ1) is 13.5. The van der Waals surface area contributed by atoms with Crippen molar-refractivity contribution in [3.05, 3.63) is 60.4 Å². The van der Waals surface area contributed by atoms with Gasteiger partial charge in [-0.1, -0.05) is 30.4 Å². The Morgan fingerprint density at radius 1 is 1.42 bits per heavy atom. The third-order valence-corrected chi connectivity index (χ3v) is 2.91. The normalized spacial score (nSPS) is 12.3. The Bertz CT molecular complexity index is 530. The van der Waals surface area contributed by atoms with Crippen molar-refractivity contribution in [1.29, 1.82) is 0 Å². The summed E-state index contributed by atoms with van der Waals surface area (Å²) in [4.78, 5) is 0. The number of hydrogen-bond acceptors (Lipinski definition) is 3. The highest BCUT2D eigenvalue weighted by molar-refractivity contribution is 5.31. The molecule has 1 atom stereocenters. The van der Waals surface area contributed by atoms with E-state index in [4.69, 9.17) is 5.73 Å². The molecule has 4 heteroatoms. The van der Waals surface area contributed by atoms with Crippen LogP contribution in [-0.2, 0) is 0 Å². The van der Waals surface area contributed by atoms with Crippen LogP contribution in [0.2, 0.25) is 0 Å². The standard InChI is InChI=1S/C15H20N4/c1-12(2)9-17-15(8-16)13-10-18-19(11-13)14-6-4-3-5-7-14/h3-7,10-11,15,17H,1,8-9,16H2,2H3. The van der Waals surface area contributed by atoms with Crippen LogP contribution in [0.4, 0.5) is 0 Å². The van der Waals surface area contributed by atoms with Gasteiger partial charge >= 0.3 is 0 Å². The molecular formula is C15H20N4. The SMILES string of the molecule is C=C(C)CNC(CN)c1cnn(-c2ccccc2)c1. The average molecular weight is 256 g/mol. The van der Waals surface area contributed by atoms with E-state index in [1.54, 1.807) is 0 Å². The van der Waals surface area contributed by atoms with Gasteiger partial charge in [0.2, 0.25) is 0 Å². The number of nitrogens with zero attached hydrogens (tertiary/aromatic N) is 2. The van der Waals surface area contributed by atoms with Gasteiger partial charge in [0.05, 0.1) is 11.9 Å². The second-order valence-corrected chi connectivity index (χ2v) is 4.68. The molecule has 0 bridgehead atoms. The van der Waals surface area contributed by atoms with Gasteiger partial charge in [-0.15, -0.1) is 0 Å². The molecule has 0 amide bonds. The number of rotatable bonds is 6. The summed E-state index contributed by atoms with van der Waals surface area (Å²) < 4.78 is 1.86. The number of nitrogens with one attached hydrogen (secondary N) is 1. The smallest absolute Gasteiger partial charge is 0.0645 e. The third kappa shape index (κ3) is 3.53. The summed E-state index contributed by atoms with van der Waals surface area (Å²) in [5, 5.41) is 7.75. The first-order chi connectivity index (χ1) is 9.20. The second-order valence-electron chi connectivity index (χ2n) is 4.68. The molecule has 0 saturated carbocycles. The van der Waals surface area contributed by atoms with Gasteiger partial charge in [0, 0.05) is 30.9 Å². The Labute approximate surface area is 113 Å². The Kier molecular flexibility index (Phi) is 4.49. The maximum atomic E-state index is 5.81. The lowest BCUT2D eigenvalue weighted by Gasteiger charge is -2.14. The average Bonchev–Trinajstić information content (AvgIpc) is 2.90. The minimum absolute atomic E-state index is 0.106. The zero-order chi connectivity index (χ0) is 13.7. The molecule has 0 aliphatic carbocycles. The molecule has 1 heterocycles. The Morgan fingerprint density at radius 2 is 2.16 bits per heavy atom. The molecule has 1 aromatic carbocycles. The van der Waals surface area contributed by atoms with Gasteiger partial charge in [-0.2, -0.15) is 5.10 Å². The van der Waals surface area contributed by atoms with Crippen molar-refractivity contribution in [2.24, 2.45) is 5.73 Å². The van der Waals surface area contributed by atoms with E-state index in [1.807, 2.05) is 54.3 Å². The first-order valence-electron chi connectivity index (χ1n) is 6.38. The van der Waals surface area contributed by atoms with Crippen molar-refractivity contribution < 1.29 is 0 Å². The fourth-order valence-electron chi connectivity index (χ4n) is 1.87. The topological polar surface area (TPSA) is 55.9 Å². The predicted octanol–water partition coefficient (Wildman–Crippen LogP) is 2.04.